The molecule has 118 valence electrons. The highest BCUT2D eigenvalue weighted by Gasteiger charge is 2.13. The van der Waals surface area contributed by atoms with Crippen LogP contribution in [0.1, 0.15) is 43.5 Å². The van der Waals surface area contributed by atoms with Gasteiger partial charge in [-0.1, -0.05) is 12.1 Å². The molecule has 1 heterocycles. The molecule has 0 aliphatic rings. The number of carboxylic acid groups (broad SMARTS) is 1. The Hall–Kier alpha value is -1.88. The van der Waals surface area contributed by atoms with Crippen LogP contribution < -0.4 is 4.74 Å². The summed E-state index contributed by atoms with van der Waals surface area (Å²) >= 11 is 1.26. The number of ether oxygens (including phenoxy) is 1. The second-order valence-corrected chi connectivity index (χ2v) is 6.52. The second kappa shape index (κ2) is 6.92. The third kappa shape index (κ3) is 3.65. The van der Waals surface area contributed by atoms with E-state index in [0.717, 1.165) is 29.2 Å². The Morgan fingerprint density at radius 2 is 1.91 bits per heavy atom. The maximum absolute atomic E-state index is 11.0. The average molecular weight is 319 g/mol. The van der Waals surface area contributed by atoms with E-state index in [1.165, 1.54) is 22.5 Å². The van der Waals surface area contributed by atoms with Crippen molar-refractivity contribution in [1.29, 1.82) is 0 Å². The average Bonchev–Trinajstić information content (AvgIpc) is 2.83. The van der Waals surface area contributed by atoms with Gasteiger partial charge in [-0.25, -0.2) is 9.78 Å². The van der Waals surface area contributed by atoms with Gasteiger partial charge in [0.25, 0.3) is 0 Å². The van der Waals surface area contributed by atoms with Crippen molar-refractivity contribution < 1.29 is 14.6 Å². The molecule has 0 unspecified atom stereocenters. The van der Waals surface area contributed by atoms with Crippen molar-refractivity contribution in [2.24, 2.45) is 0 Å². The van der Waals surface area contributed by atoms with Crippen LogP contribution in [-0.4, -0.2) is 22.7 Å². The highest BCUT2D eigenvalue weighted by atomic mass is 32.1. The number of aryl methyl sites for hydroxylation is 4. The Bertz CT molecular complexity index is 691. The van der Waals surface area contributed by atoms with E-state index in [-0.39, 0.29) is 0 Å². The number of rotatable bonds is 6. The molecule has 0 saturated carbocycles. The van der Waals surface area contributed by atoms with E-state index in [4.69, 9.17) is 9.84 Å². The molecule has 22 heavy (non-hydrogen) atoms. The highest BCUT2D eigenvalue weighted by Crippen LogP contribution is 2.26. The molecule has 0 radical (unpaired) electrons. The van der Waals surface area contributed by atoms with Crippen molar-refractivity contribution in [3.8, 4) is 5.75 Å². The topological polar surface area (TPSA) is 59.4 Å². The number of nitrogens with zero attached hydrogens (tertiary/aromatic N) is 1. The molecule has 0 amide bonds. The number of carbonyl (C=O) groups is 1. The molecule has 2 aromatic rings. The van der Waals surface area contributed by atoms with Gasteiger partial charge in [0.2, 0.25) is 0 Å². The minimum Gasteiger partial charge on any atom is -0.493 e. The number of hydrogen-bond acceptors (Lipinski definition) is 4. The standard InChI is InChI=1S/C17H21NO3S/c1-10-7-8-11(2)15(12(10)3)21-9-5-6-14-18-13(4)16(22-14)17(19)20/h7-8H,5-6,9H2,1-4H3,(H,19,20). The summed E-state index contributed by atoms with van der Waals surface area (Å²) in [5.41, 5.74) is 4.14. The molecule has 5 heteroatoms. The minimum atomic E-state index is -0.900. The van der Waals surface area contributed by atoms with Gasteiger partial charge in [-0.15, -0.1) is 11.3 Å². The first-order chi connectivity index (χ1) is 10.4. The summed E-state index contributed by atoms with van der Waals surface area (Å²) in [5, 5.41) is 9.89. The normalized spacial score (nSPS) is 10.7. The Morgan fingerprint density at radius 1 is 1.23 bits per heavy atom. The van der Waals surface area contributed by atoms with E-state index in [2.05, 4.69) is 31.0 Å². The van der Waals surface area contributed by atoms with Gasteiger partial charge in [0.05, 0.1) is 17.3 Å². The van der Waals surface area contributed by atoms with Gasteiger partial charge in [0.15, 0.2) is 0 Å². The first kappa shape index (κ1) is 16.5. The molecule has 0 aliphatic heterocycles. The maximum atomic E-state index is 11.0. The summed E-state index contributed by atoms with van der Waals surface area (Å²) in [7, 11) is 0. The quantitative estimate of drug-likeness (QED) is 0.815. The first-order valence-electron chi connectivity index (χ1n) is 7.29. The predicted octanol–water partition coefficient (Wildman–Crippen LogP) is 4.09. The van der Waals surface area contributed by atoms with Crippen LogP contribution in [0.3, 0.4) is 0 Å². The van der Waals surface area contributed by atoms with Crippen LogP contribution in [0.25, 0.3) is 0 Å². The fourth-order valence-corrected chi connectivity index (χ4v) is 3.25. The Labute approximate surface area is 134 Å². The number of aromatic nitrogens is 1. The van der Waals surface area contributed by atoms with Crippen molar-refractivity contribution >= 4 is 17.3 Å². The number of benzene rings is 1. The van der Waals surface area contributed by atoms with Crippen molar-refractivity contribution in [1.82, 2.24) is 4.98 Å². The van der Waals surface area contributed by atoms with Crippen LogP contribution in [0, 0.1) is 27.7 Å². The monoisotopic (exact) mass is 319 g/mol. The second-order valence-electron chi connectivity index (χ2n) is 5.43. The van der Waals surface area contributed by atoms with Crippen LogP contribution in [0.5, 0.6) is 5.75 Å². The lowest BCUT2D eigenvalue weighted by molar-refractivity contribution is 0.0701. The molecular weight excluding hydrogens is 298 g/mol. The van der Waals surface area contributed by atoms with E-state index in [9.17, 15) is 4.79 Å². The third-order valence-electron chi connectivity index (χ3n) is 3.69. The van der Waals surface area contributed by atoms with Crippen LogP contribution in [0.4, 0.5) is 0 Å². The van der Waals surface area contributed by atoms with Crippen LogP contribution in [0.15, 0.2) is 12.1 Å². The molecule has 4 nitrogen and oxygen atoms in total. The van der Waals surface area contributed by atoms with Crippen LogP contribution in [-0.2, 0) is 6.42 Å². The highest BCUT2D eigenvalue weighted by molar-refractivity contribution is 7.13. The smallest absolute Gasteiger partial charge is 0.347 e. The zero-order chi connectivity index (χ0) is 16.3. The van der Waals surface area contributed by atoms with E-state index >= 15 is 0 Å². The number of carboxylic acids is 1. The van der Waals surface area contributed by atoms with Gasteiger partial charge < -0.3 is 9.84 Å². The summed E-state index contributed by atoms with van der Waals surface area (Å²) in [4.78, 5) is 15.6. The summed E-state index contributed by atoms with van der Waals surface area (Å²) in [6, 6.07) is 4.17. The Kier molecular flexibility index (Phi) is 5.19. The molecule has 0 spiro atoms. The molecular formula is C17H21NO3S. The number of aromatic carboxylic acids is 1. The number of hydrogen-bond donors (Lipinski definition) is 1. The van der Waals surface area contributed by atoms with Crippen molar-refractivity contribution in [3.63, 3.8) is 0 Å². The van der Waals surface area contributed by atoms with Gasteiger partial charge in [0.1, 0.15) is 10.6 Å². The Morgan fingerprint density at radius 3 is 2.55 bits per heavy atom. The molecule has 2 rings (SSSR count). The van der Waals surface area contributed by atoms with E-state index in [1.54, 1.807) is 6.92 Å². The molecule has 0 bridgehead atoms. The van der Waals surface area contributed by atoms with E-state index in [0.29, 0.717) is 17.2 Å². The molecule has 0 fully saturated rings. The lowest BCUT2D eigenvalue weighted by Gasteiger charge is -2.13. The van der Waals surface area contributed by atoms with Crippen LogP contribution in [0.2, 0.25) is 0 Å². The summed E-state index contributed by atoms with van der Waals surface area (Å²) in [6.45, 7) is 8.53. The first-order valence-corrected chi connectivity index (χ1v) is 8.11. The maximum Gasteiger partial charge on any atom is 0.347 e. The van der Waals surface area contributed by atoms with Crippen molar-refractivity contribution in [3.05, 3.63) is 44.4 Å². The van der Waals surface area contributed by atoms with Gasteiger partial charge in [0, 0.05) is 6.42 Å². The largest absolute Gasteiger partial charge is 0.493 e. The van der Waals surface area contributed by atoms with Crippen molar-refractivity contribution in [2.75, 3.05) is 6.61 Å². The molecule has 1 aromatic heterocycles. The lowest BCUT2D eigenvalue weighted by Crippen LogP contribution is -2.03. The Balaban J connectivity index is 1.92. The van der Waals surface area contributed by atoms with Gasteiger partial charge in [-0.3, -0.25) is 0 Å². The zero-order valence-electron chi connectivity index (χ0n) is 13.4. The van der Waals surface area contributed by atoms with E-state index in [1.807, 2.05) is 6.92 Å². The summed E-state index contributed by atoms with van der Waals surface area (Å²) in [5.74, 6) is 0.0602. The predicted molar refractivity (Wildman–Crippen MR) is 88.3 cm³/mol. The summed E-state index contributed by atoms with van der Waals surface area (Å²) in [6.07, 6.45) is 1.56. The fraction of sp³-hybridized carbons (Fsp3) is 0.412. The van der Waals surface area contributed by atoms with Gasteiger partial charge >= 0.3 is 5.97 Å². The van der Waals surface area contributed by atoms with Crippen molar-refractivity contribution in [2.45, 2.75) is 40.5 Å². The number of thiazole rings is 1. The van der Waals surface area contributed by atoms with Gasteiger partial charge in [-0.2, -0.15) is 0 Å². The summed E-state index contributed by atoms with van der Waals surface area (Å²) < 4.78 is 5.92. The van der Waals surface area contributed by atoms with Crippen LogP contribution >= 0.6 is 11.3 Å². The van der Waals surface area contributed by atoms with Gasteiger partial charge in [-0.05, 0) is 50.8 Å². The fourth-order valence-electron chi connectivity index (χ4n) is 2.30. The molecule has 1 N–H and O–H groups in total. The molecule has 1 aromatic carbocycles. The SMILES string of the molecule is Cc1ccc(C)c(OCCCc2nc(C)c(C(=O)O)s2)c1C. The minimum absolute atomic E-state index is 0.335. The molecule has 0 atom stereocenters. The van der Waals surface area contributed by atoms with E-state index < -0.39 is 5.97 Å². The third-order valence-corrected chi connectivity index (χ3v) is 4.90. The molecule has 0 aliphatic carbocycles. The molecule has 0 saturated heterocycles. The zero-order valence-corrected chi connectivity index (χ0v) is 14.2. The lowest BCUT2D eigenvalue weighted by atomic mass is 10.1.